The minimum atomic E-state index is 0.150. The SMILES string of the molecule is O=C(CCNC1CC1)NCCSc1ccccc1. The molecule has 1 fully saturated rings. The summed E-state index contributed by atoms with van der Waals surface area (Å²) in [5, 5.41) is 6.28. The first-order valence-electron chi connectivity index (χ1n) is 6.52. The van der Waals surface area contributed by atoms with Gasteiger partial charge in [-0.3, -0.25) is 4.79 Å². The van der Waals surface area contributed by atoms with Crippen LogP contribution in [0.4, 0.5) is 0 Å². The second-order valence-electron chi connectivity index (χ2n) is 4.49. The van der Waals surface area contributed by atoms with Crippen LogP contribution < -0.4 is 10.6 Å². The Hall–Kier alpha value is -1.00. The lowest BCUT2D eigenvalue weighted by molar-refractivity contribution is -0.120. The maximum absolute atomic E-state index is 11.5. The van der Waals surface area contributed by atoms with E-state index >= 15 is 0 Å². The Labute approximate surface area is 113 Å². The number of nitrogens with one attached hydrogen (secondary N) is 2. The molecule has 1 amide bonds. The molecular formula is C14H20N2OS. The third-order valence-electron chi connectivity index (χ3n) is 2.80. The first-order chi connectivity index (χ1) is 8.84. The average molecular weight is 264 g/mol. The molecule has 0 saturated heterocycles. The van der Waals surface area contributed by atoms with Crippen LogP contribution in [-0.4, -0.2) is 30.8 Å². The van der Waals surface area contributed by atoms with Crippen LogP contribution in [0.1, 0.15) is 19.3 Å². The Morgan fingerprint density at radius 2 is 2.00 bits per heavy atom. The number of carbonyl (C=O) groups excluding carboxylic acids is 1. The Balaban J connectivity index is 1.48. The van der Waals surface area contributed by atoms with Crippen molar-refractivity contribution < 1.29 is 4.79 Å². The molecule has 0 aromatic heterocycles. The van der Waals surface area contributed by atoms with Crippen molar-refractivity contribution in [2.75, 3.05) is 18.8 Å². The van der Waals surface area contributed by atoms with Gasteiger partial charge in [-0.15, -0.1) is 11.8 Å². The van der Waals surface area contributed by atoms with E-state index < -0.39 is 0 Å². The molecular weight excluding hydrogens is 244 g/mol. The third-order valence-corrected chi connectivity index (χ3v) is 3.81. The van der Waals surface area contributed by atoms with Gasteiger partial charge in [0.25, 0.3) is 0 Å². The predicted octanol–water partition coefficient (Wildman–Crippen LogP) is 2.04. The first-order valence-corrected chi connectivity index (χ1v) is 7.51. The fraction of sp³-hybridized carbons (Fsp3) is 0.500. The summed E-state index contributed by atoms with van der Waals surface area (Å²) in [7, 11) is 0. The maximum Gasteiger partial charge on any atom is 0.221 e. The summed E-state index contributed by atoms with van der Waals surface area (Å²) in [5.41, 5.74) is 0. The Kier molecular flexibility index (Phi) is 5.55. The molecule has 1 saturated carbocycles. The molecule has 98 valence electrons. The fourth-order valence-corrected chi connectivity index (χ4v) is 2.43. The second-order valence-corrected chi connectivity index (χ2v) is 5.66. The minimum absolute atomic E-state index is 0.150. The van der Waals surface area contributed by atoms with Gasteiger partial charge in [0.2, 0.25) is 5.91 Å². The van der Waals surface area contributed by atoms with Gasteiger partial charge in [0.15, 0.2) is 0 Å². The number of rotatable bonds is 8. The molecule has 3 nitrogen and oxygen atoms in total. The van der Waals surface area contributed by atoms with Crippen molar-refractivity contribution in [3.05, 3.63) is 30.3 Å². The number of benzene rings is 1. The molecule has 2 N–H and O–H groups in total. The Bertz CT molecular complexity index is 365. The summed E-state index contributed by atoms with van der Waals surface area (Å²) in [5.74, 6) is 1.07. The van der Waals surface area contributed by atoms with Crippen LogP contribution in [0.5, 0.6) is 0 Å². The summed E-state index contributed by atoms with van der Waals surface area (Å²) in [6.45, 7) is 1.55. The van der Waals surface area contributed by atoms with Crippen LogP contribution in [0, 0.1) is 0 Å². The van der Waals surface area contributed by atoms with E-state index in [4.69, 9.17) is 0 Å². The molecule has 1 aromatic rings. The van der Waals surface area contributed by atoms with Crippen molar-refractivity contribution in [3.8, 4) is 0 Å². The van der Waals surface area contributed by atoms with E-state index in [0.717, 1.165) is 18.8 Å². The number of hydrogen-bond acceptors (Lipinski definition) is 3. The number of amides is 1. The van der Waals surface area contributed by atoms with Gasteiger partial charge < -0.3 is 10.6 Å². The number of thioether (sulfide) groups is 1. The van der Waals surface area contributed by atoms with E-state index in [0.29, 0.717) is 12.5 Å². The van der Waals surface area contributed by atoms with Crippen molar-refractivity contribution in [1.82, 2.24) is 10.6 Å². The van der Waals surface area contributed by atoms with Crippen LogP contribution in [0.3, 0.4) is 0 Å². The molecule has 0 atom stereocenters. The fourth-order valence-electron chi connectivity index (χ4n) is 1.64. The highest BCUT2D eigenvalue weighted by atomic mass is 32.2. The molecule has 18 heavy (non-hydrogen) atoms. The van der Waals surface area contributed by atoms with Crippen LogP contribution in [0.25, 0.3) is 0 Å². The maximum atomic E-state index is 11.5. The molecule has 1 aliphatic rings. The second kappa shape index (κ2) is 7.44. The summed E-state index contributed by atoms with van der Waals surface area (Å²) < 4.78 is 0. The van der Waals surface area contributed by atoms with E-state index in [2.05, 4.69) is 22.8 Å². The standard InChI is InChI=1S/C14H20N2OS/c17-14(8-9-15-12-6-7-12)16-10-11-18-13-4-2-1-3-5-13/h1-5,12,15H,6-11H2,(H,16,17). The summed E-state index contributed by atoms with van der Waals surface area (Å²) in [6, 6.07) is 10.9. The molecule has 0 radical (unpaired) electrons. The molecule has 0 bridgehead atoms. The van der Waals surface area contributed by atoms with Crippen molar-refractivity contribution >= 4 is 17.7 Å². The largest absolute Gasteiger partial charge is 0.355 e. The van der Waals surface area contributed by atoms with Crippen LogP contribution >= 0.6 is 11.8 Å². The lowest BCUT2D eigenvalue weighted by atomic mass is 10.4. The minimum Gasteiger partial charge on any atom is -0.355 e. The van der Waals surface area contributed by atoms with E-state index in [9.17, 15) is 4.79 Å². The zero-order valence-corrected chi connectivity index (χ0v) is 11.3. The third kappa shape index (κ3) is 5.56. The molecule has 1 aromatic carbocycles. The predicted molar refractivity (Wildman–Crippen MR) is 75.8 cm³/mol. The Morgan fingerprint density at radius 3 is 2.72 bits per heavy atom. The highest BCUT2D eigenvalue weighted by Gasteiger charge is 2.19. The molecule has 1 aliphatic carbocycles. The van der Waals surface area contributed by atoms with Gasteiger partial charge in [-0.25, -0.2) is 0 Å². The van der Waals surface area contributed by atoms with Gasteiger partial charge in [0, 0.05) is 36.2 Å². The van der Waals surface area contributed by atoms with Crippen LogP contribution in [0.2, 0.25) is 0 Å². The van der Waals surface area contributed by atoms with Crippen molar-refractivity contribution in [2.45, 2.75) is 30.2 Å². The smallest absolute Gasteiger partial charge is 0.221 e. The Morgan fingerprint density at radius 1 is 1.22 bits per heavy atom. The van der Waals surface area contributed by atoms with Crippen molar-refractivity contribution in [2.24, 2.45) is 0 Å². The molecule has 0 aliphatic heterocycles. The van der Waals surface area contributed by atoms with Gasteiger partial charge in [-0.05, 0) is 25.0 Å². The first kappa shape index (κ1) is 13.4. The van der Waals surface area contributed by atoms with E-state index in [1.807, 2.05) is 18.2 Å². The zero-order chi connectivity index (χ0) is 12.6. The van der Waals surface area contributed by atoms with Gasteiger partial charge in [-0.1, -0.05) is 18.2 Å². The molecule has 0 spiro atoms. The van der Waals surface area contributed by atoms with Crippen LogP contribution in [0.15, 0.2) is 35.2 Å². The summed E-state index contributed by atoms with van der Waals surface area (Å²) >= 11 is 1.77. The topological polar surface area (TPSA) is 41.1 Å². The average Bonchev–Trinajstić information content (AvgIpc) is 3.20. The molecule has 4 heteroatoms. The summed E-state index contributed by atoms with van der Waals surface area (Å²) in [4.78, 5) is 12.7. The summed E-state index contributed by atoms with van der Waals surface area (Å²) in [6.07, 6.45) is 3.14. The molecule has 2 rings (SSSR count). The zero-order valence-electron chi connectivity index (χ0n) is 10.5. The molecule has 0 unspecified atom stereocenters. The normalized spacial score (nSPS) is 14.4. The van der Waals surface area contributed by atoms with E-state index in [-0.39, 0.29) is 5.91 Å². The van der Waals surface area contributed by atoms with Gasteiger partial charge >= 0.3 is 0 Å². The quantitative estimate of drug-likeness (QED) is 0.557. The monoisotopic (exact) mass is 264 g/mol. The molecule has 0 heterocycles. The van der Waals surface area contributed by atoms with E-state index in [1.165, 1.54) is 17.7 Å². The number of hydrogen-bond donors (Lipinski definition) is 2. The highest BCUT2D eigenvalue weighted by molar-refractivity contribution is 7.99. The van der Waals surface area contributed by atoms with E-state index in [1.54, 1.807) is 11.8 Å². The van der Waals surface area contributed by atoms with Crippen LogP contribution in [-0.2, 0) is 4.79 Å². The van der Waals surface area contributed by atoms with Gasteiger partial charge in [-0.2, -0.15) is 0 Å². The van der Waals surface area contributed by atoms with Crippen molar-refractivity contribution in [1.29, 1.82) is 0 Å². The van der Waals surface area contributed by atoms with Crippen molar-refractivity contribution in [3.63, 3.8) is 0 Å². The highest BCUT2D eigenvalue weighted by Crippen LogP contribution is 2.18. The number of carbonyl (C=O) groups is 1. The lowest BCUT2D eigenvalue weighted by Gasteiger charge is -2.05. The van der Waals surface area contributed by atoms with Gasteiger partial charge in [0.05, 0.1) is 0 Å². The lowest BCUT2D eigenvalue weighted by Crippen LogP contribution is -2.29. The van der Waals surface area contributed by atoms with Gasteiger partial charge in [0.1, 0.15) is 0 Å².